The monoisotopic (exact) mass is 468 g/mol. The Balaban J connectivity index is 1.75. The quantitative estimate of drug-likeness (QED) is 0.189. The number of hydrogen-bond donors (Lipinski definition) is 9. The summed E-state index contributed by atoms with van der Waals surface area (Å²) in [5.41, 5.74) is 0.144. The van der Waals surface area contributed by atoms with E-state index in [0.717, 1.165) is 18.2 Å². The van der Waals surface area contributed by atoms with Crippen LogP contribution in [-0.4, -0.2) is 89.1 Å². The minimum Gasteiger partial charge on any atom is -0.508 e. The summed E-state index contributed by atoms with van der Waals surface area (Å²) in [6, 6.07) is 5.75. The molecule has 4 rings (SSSR count). The summed E-state index contributed by atoms with van der Waals surface area (Å²) in [5, 5.41) is 90.9. The molecular formula is C21H24O12. The van der Waals surface area contributed by atoms with E-state index < -0.39 is 72.9 Å². The molecule has 2 aliphatic heterocycles. The van der Waals surface area contributed by atoms with Crippen LogP contribution in [0, 0.1) is 0 Å². The van der Waals surface area contributed by atoms with Gasteiger partial charge in [0, 0.05) is 29.7 Å². The Kier molecular flexibility index (Phi) is 6.01. The second kappa shape index (κ2) is 8.50. The summed E-state index contributed by atoms with van der Waals surface area (Å²) < 4.78 is 16.7. The van der Waals surface area contributed by atoms with Gasteiger partial charge < -0.3 is 60.2 Å². The van der Waals surface area contributed by atoms with Crippen LogP contribution in [0.2, 0.25) is 0 Å². The molecule has 1 saturated heterocycles. The average molecular weight is 468 g/mol. The molecule has 2 heterocycles. The Morgan fingerprint density at radius 2 is 1.64 bits per heavy atom. The van der Waals surface area contributed by atoms with E-state index in [9.17, 15) is 46.0 Å². The normalized spacial score (nSPS) is 33.8. The lowest BCUT2D eigenvalue weighted by molar-refractivity contribution is -0.379. The van der Waals surface area contributed by atoms with Gasteiger partial charge in [0.15, 0.2) is 23.9 Å². The van der Waals surface area contributed by atoms with Gasteiger partial charge in [-0.25, -0.2) is 0 Å². The predicted octanol–water partition coefficient (Wildman–Crippen LogP) is -1.31. The van der Waals surface area contributed by atoms with E-state index >= 15 is 0 Å². The highest BCUT2D eigenvalue weighted by Crippen LogP contribution is 2.48. The van der Waals surface area contributed by atoms with E-state index in [1.807, 2.05) is 0 Å². The van der Waals surface area contributed by atoms with Crippen LogP contribution in [0.3, 0.4) is 0 Å². The number of fused-ring (bicyclic) bond motifs is 1. The van der Waals surface area contributed by atoms with Crippen molar-refractivity contribution in [3.63, 3.8) is 0 Å². The number of ether oxygens (including phenoxy) is 3. The van der Waals surface area contributed by atoms with Crippen molar-refractivity contribution in [2.75, 3.05) is 6.61 Å². The molecule has 33 heavy (non-hydrogen) atoms. The summed E-state index contributed by atoms with van der Waals surface area (Å²) in [7, 11) is 0. The summed E-state index contributed by atoms with van der Waals surface area (Å²) >= 11 is 0. The number of benzene rings is 2. The Morgan fingerprint density at radius 3 is 2.30 bits per heavy atom. The van der Waals surface area contributed by atoms with E-state index in [1.165, 1.54) is 12.1 Å². The Morgan fingerprint density at radius 1 is 0.909 bits per heavy atom. The van der Waals surface area contributed by atoms with E-state index in [-0.39, 0.29) is 22.6 Å². The van der Waals surface area contributed by atoms with Gasteiger partial charge in [-0.1, -0.05) is 6.07 Å². The maximum atomic E-state index is 11.5. The molecule has 0 radical (unpaired) electrons. The van der Waals surface area contributed by atoms with Crippen molar-refractivity contribution < 1.29 is 60.2 Å². The van der Waals surface area contributed by atoms with Crippen LogP contribution >= 0.6 is 0 Å². The molecule has 1 fully saturated rings. The highest BCUT2D eigenvalue weighted by atomic mass is 16.8. The molecule has 0 saturated carbocycles. The predicted molar refractivity (Wildman–Crippen MR) is 106 cm³/mol. The van der Waals surface area contributed by atoms with Gasteiger partial charge in [-0.2, -0.15) is 0 Å². The Bertz CT molecular complexity index is 1030. The van der Waals surface area contributed by atoms with Crippen molar-refractivity contribution in [3.05, 3.63) is 41.5 Å². The number of rotatable bonds is 4. The summed E-state index contributed by atoms with van der Waals surface area (Å²) in [4.78, 5) is 0. The van der Waals surface area contributed by atoms with Crippen molar-refractivity contribution in [1.82, 2.24) is 0 Å². The molecule has 12 nitrogen and oxygen atoms in total. The highest BCUT2D eigenvalue weighted by molar-refractivity contribution is 5.52. The number of phenolic OH excluding ortho intramolecular Hbond substituents is 4. The van der Waals surface area contributed by atoms with E-state index in [2.05, 4.69) is 0 Å². The van der Waals surface area contributed by atoms with E-state index in [0.29, 0.717) is 0 Å². The number of aliphatic hydroxyl groups excluding tert-OH is 4. The smallest absolute Gasteiger partial charge is 0.214 e. The van der Waals surface area contributed by atoms with Gasteiger partial charge >= 0.3 is 0 Å². The Hall–Kier alpha value is -2.84. The van der Waals surface area contributed by atoms with E-state index in [4.69, 9.17) is 14.2 Å². The second-order valence-corrected chi connectivity index (χ2v) is 8.02. The van der Waals surface area contributed by atoms with Crippen molar-refractivity contribution >= 4 is 0 Å². The third kappa shape index (κ3) is 4.13. The minimum atomic E-state index is -2.40. The van der Waals surface area contributed by atoms with Crippen LogP contribution in [0.5, 0.6) is 28.7 Å². The molecule has 0 aliphatic carbocycles. The summed E-state index contributed by atoms with van der Waals surface area (Å²) in [5.74, 6) is -4.13. The first-order chi connectivity index (χ1) is 15.5. The van der Waals surface area contributed by atoms with Gasteiger partial charge in [-0.3, -0.25) is 0 Å². The fourth-order valence-electron chi connectivity index (χ4n) is 3.97. The maximum absolute atomic E-state index is 11.5. The molecule has 9 N–H and O–H groups in total. The second-order valence-electron chi connectivity index (χ2n) is 8.02. The zero-order valence-electron chi connectivity index (χ0n) is 17.0. The lowest BCUT2D eigenvalue weighted by Crippen LogP contribution is -2.62. The van der Waals surface area contributed by atoms with Gasteiger partial charge in [-0.05, 0) is 12.1 Å². The van der Waals surface area contributed by atoms with Crippen molar-refractivity contribution in [2.45, 2.75) is 49.0 Å². The highest BCUT2D eigenvalue weighted by Gasteiger charge is 2.52. The van der Waals surface area contributed by atoms with Crippen molar-refractivity contribution in [2.24, 2.45) is 0 Å². The van der Waals surface area contributed by atoms with Crippen LogP contribution in [0.15, 0.2) is 30.3 Å². The van der Waals surface area contributed by atoms with Gasteiger partial charge in [0.25, 0.3) is 0 Å². The number of hydrogen-bond acceptors (Lipinski definition) is 12. The first kappa shape index (κ1) is 23.3. The van der Waals surface area contributed by atoms with Crippen LogP contribution < -0.4 is 4.74 Å². The zero-order chi connectivity index (χ0) is 24.1. The molecule has 0 aromatic heterocycles. The summed E-state index contributed by atoms with van der Waals surface area (Å²) in [6.45, 7) is -0.724. The van der Waals surface area contributed by atoms with E-state index in [1.54, 1.807) is 0 Å². The topological polar surface area (TPSA) is 210 Å². The van der Waals surface area contributed by atoms with Gasteiger partial charge in [0.05, 0.1) is 6.61 Å². The molecule has 2 aliphatic rings. The van der Waals surface area contributed by atoms with Crippen LogP contribution in [0.1, 0.15) is 17.2 Å². The lowest BCUT2D eigenvalue weighted by atomic mass is 9.90. The summed E-state index contributed by atoms with van der Waals surface area (Å²) in [6.07, 6.45) is -10.2. The first-order valence-corrected chi connectivity index (χ1v) is 9.98. The lowest BCUT2D eigenvalue weighted by Gasteiger charge is -2.46. The fourth-order valence-corrected chi connectivity index (χ4v) is 3.97. The molecule has 0 unspecified atom stereocenters. The van der Waals surface area contributed by atoms with Crippen LogP contribution in [0.25, 0.3) is 0 Å². The minimum absolute atomic E-state index is 0.00728. The third-order valence-corrected chi connectivity index (χ3v) is 5.73. The van der Waals surface area contributed by atoms with Crippen LogP contribution in [-0.2, 0) is 15.9 Å². The largest absolute Gasteiger partial charge is 0.508 e. The molecule has 0 spiro atoms. The maximum Gasteiger partial charge on any atom is 0.214 e. The number of aromatic hydroxyl groups is 4. The van der Waals surface area contributed by atoms with Gasteiger partial charge in [0.2, 0.25) is 5.79 Å². The number of phenols is 4. The van der Waals surface area contributed by atoms with Crippen LogP contribution in [0.4, 0.5) is 0 Å². The molecule has 2 aromatic carbocycles. The molecule has 12 heteroatoms. The van der Waals surface area contributed by atoms with Gasteiger partial charge in [0.1, 0.15) is 41.7 Å². The Labute approximate surface area is 186 Å². The SMILES string of the molecule is OC[C@H]1O[C@H](O[C@@]2(O)Cc3c(O)cc(O)cc3O[C@@H]2c2ccc(O)c(O)c2)[C@H](O)[C@@H](O)[C@@H]1O. The first-order valence-electron chi connectivity index (χ1n) is 9.98. The zero-order valence-corrected chi connectivity index (χ0v) is 17.0. The molecule has 7 atom stereocenters. The molecular weight excluding hydrogens is 444 g/mol. The van der Waals surface area contributed by atoms with Crippen molar-refractivity contribution in [3.8, 4) is 28.7 Å². The third-order valence-electron chi connectivity index (χ3n) is 5.73. The molecule has 0 amide bonds. The fraction of sp³-hybridized carbons (Fsp3) is 0.429. The molecule has 2 aromatic rings. The molecule has 180 valence electrons. The standard InChI is InChI=1S/C21H24O12/c22-7-15-16(27)17(28)18(29)20(32-15)33-21(30)6-10-12(25)4-9(23)5-14(10)31-19(21)8-1-2-11(24)13(26)3-8/h1-5,15-20,22-30H,6-7H2/t15-,16-,17+,18-,19-,20-,21+/m1/s1. The van der Waals surface area contributed by atoms with Gasteiger partial charge in [-0.15, -0.1) is 0 Å². The molecule has 0 bridgehead atoms. The van der Waals surface area contributed by atoms with Crippen molar-refractivity contribution in [1.29, 1.82) is 0 Å². The average Bonchev–Trinajstić information content (AvgIpc) is 2.76. The number of aliphatic hydroxyl groups is 5.